The molecule has 0 radical (unpaired) electrons. The first-order valence-electron chi connectivity index (χ1n) is 9.09. The number of halogens is 3. The number of nitrogens with zero attached hydrogens (tertiary/aromatic N) is 3. The first-order chi connectivity index (χ1) is 13.2. The maximum absolute atomic E-state index is 12.7. The summed E-state index contributed by atoms with van der Waals surface area (Å²) in [4.78, 5) is 22.5. The zero-order valence-corrected chi connectivity index (χ0v) is 15.3. The Balaban J connectivity index is 1.40. The lowest BCUT2D eigenvalue weighted by molar-refractivity contribution is -0.359. The summed E-state index contributed by atoms with van der Waals surface area (Å²) in [5.41, 5.74) is 0.788. The van der Waals surface area contributed by atoms with Gasteiger partial charge in [-0.1, -0.05) is 6.08 Å². The number of aromatic nitrogens is 2. The van der Waals surface area contributed by atoms with E-state index >= 15 is 0 Å². The van der Waals surface area contributed by atoms with Gasteiger partial charge in [0.25, 0.3) is 0 Å². The van der Waals surface area contributed by atoms with Crippen molar-refractivity contribution >= 4 is 11.7 Å². The van der Waals surface area contributed by atoms with E-state index in [1.54, 1.807) is 6.07 Å². The van der Waals surface area contributed by atoms with Crippen LogP contribution in [0.1, 0.15) is 25.5 Å². The Hall–Kier alpha value is -2.20. The van der Waals surface area contributed by atoms with Gasteiger partial charge in [0.15, 0.2) is 0 Å². The van der Waals surface area contributed by atoms with E-state index in [0.717, 1.165) is 18.5 Å². The fourth-order valence-corrected chi connectivity index (χ4v) is 4.07. The third-order valence-electron chi connectivity index (χ3n) is 5.82. The number of ether oxygens (including phenoxy) is 2. The Labute approximate surface area is 159 Å². The third kappa shape index (κ3) is 3.35. The molecular weight excluding hydrogens is 377 g/mol. The van der Waals surface area contributed by atoms with Crippen molar-refractivity contribution in [1.29, 1.82) is 0 Å². The molecule has 1 aromatic heterocycles. The van der Waals surface area contributed by atoms with E-state index in [4.69, 9.17) is 4.74 Å². The second kappa shape index (κ2) is 6.70. The van der Waals surface area contributed by atoms with Crippen molar-refractivity contribution in [3.05, 3.63) is 30.7 Å². The van der Waals surface area contributed by atoms with E-state index in [1.165, 1.54) is 24.2 Å². The molecular formula is C18H21F3N4O3. The summed E-state index contributed by atoms with van der Waals surface area (Å²) in [6.07, 6.45) is -0.779. The first kappa shape index (κ1) is 19.1. The second-order valence-electron chi connectivity index (χ2n) is 7.60. The molecule has 10 heteroatoms. The Morgan fingerprint density at radius 1 is 1.50 bits per heavy atom. The monoisotopic (exact) mass is 398 g/mol. The van der Waals surface area contributed by atoms with Crippen LogP contribution in [-0.4, -0.2) is 64.6 Å². The van der Waals surface area contributed by atoms with E-state index in [-0.39, 0.29) is 17.9 Å². The SMILES string of the molecule is C=C[C@@H](Nc1cc(C23COC(C2)C3)ncn1)C(=O)N1C[C@H](OC(F)(F)F)[C@@H]1C. The number of likely N-dealkylation sites (tertiary alicyclic amines) is 1. The Kier molecular flexibility index (Phi) is 4.58. The predicted octanol–water partition coefficient (Wildman–Crippen LogP) is 2.01. The van der Waals surface area contributed by atoms with Crippen LogP contribution in [0.2, 0.25) is 0 Å². The molecule has 0 aromatic carbocycles. The van der Waals surface area contributed by atoms with E-state index in [2.05, 4.69) is 26.6 Å². The highest BCUT2D eigenvalue weighted by Crippen LogP contribution is 2.51. The van der Waals surface area contributed by atoms with Crippen molar-refractivity contribution in [1.82, 2.24) is 14.9 Å². The smallest absolute Gasteiger partial charge is 0.377 e. The number of rotatable bonds is 6. The number of nitrogens with one attached hydrogen (secondary N) is 1. The lowest BCUT2D eigenvalue weighted by Gasteiger charge is -2.46. The molecule has 4 heterocycles. The van der Waals surface area contributed by atoms with Crippen LogP contribution in [0.5, 0.6) is 0 Å². The molecule has 28 heavy (non-hydrogen) atoms. The van der Waals surface area contributed by atoms with Crippen molar-refractivity contribution in [2.45, 2.75) is 55.8 Å². The zero-order valence-electron chi connectivity index (χ0n) is 15.3. The van der Waals surface area contributed by atoms with Crippen molar-refractivity contribution in [2.24, 2.45) is 0 Å². The number of carbonyl (C=O) groups excluding carboxylic acids is 1. The topological polar surface area (TPSA) is 76.6 Å². The number of carbonyl (C=O) groups is 1. The molecule has 0 spiro atoms. The molecule has 152 valence electrons. The largest absolute Gasteiger partial charge is 0.522 e. The molecule has 3 aliphatic heterocycles. The molecule has 1 N–H and O–H groups in total. The predicted molar refractivity (Wildman–Crippen MR) is 92.4 cm³/mol. The zero-order chi connectivity index (χ0) is 20.1. The van der Waals surface area contributed by atoms with Gasteiger partial charge >= 0.3 is 6.36 Å². The van der Waals surface area contributed by atoms with Crippen molar-refractivity contribution < 1.29 is 27.4 Å². The van der Waals surface area contributed by atoms with Gasteiger partial charge in [-0.2, -0.15) is 0 Å². The molecule has 1 saturated carbocycles. The normalized spacial score (nSPS) is 32.3. The van der Waals surface area contributed by atoms with Gasteiger partial charge in [-0.15, -0.1) is 19.8 Å². The molecule has 3 saturated heterocycles. The summed E-state index contributed by atoms with van der Waals surface area (Å²) in [5, 5.41) is 3.00. The average Bonchev–Trinajstić information content (AvgIpc) is 3.23. The molecule has 0 unspecified atom stereocenters. The Morgan fingerprint density at radius 3 is 2.82 bits per heavy atom. The Bertz CT molecular complexity index is 776. The summed E-state index contributed by atoms with van der Waals surface area (Å²) in [7, 11) is 0. The van der Waals surface area contributed by atoms with E-state index in [1.807, 2.05) is 0 Å². The second-order valence-corrected chi connectivity index (χ2v) is 7.60. The molecule has 3 atom stereocenters. The van der Waals surface area contributed by atoms with E-state index < -0.39 is 24.6 Å². The van der Waals surface area contributed by atoms with Gasteiger partial charge in [-0.3, -0.25) is 9.53 Å². The van der Waals surface area contributed by atoms with Gasteiger partial charge in [-0.05, 0) is 19.8 Å². The highest BCUT2D eigenvalue weighted by atomic mass is 19.4. The summed E-state index contributed by atoms with van der Waals surface area (Å²) in [6.45, 7) is 5.69. The summed E-state index contributed by atoms with van der Waals surface area (Å²) in [6, 6.07) is 0.299. The van der Waals surface area contributed by atoms with Crippen LogP contribution in [0.15, 0.2) is 25.0 Å². The minimum absolute atomic E-state index is 0.0775. The molecule has 4 aliphatic rings. The lowest BCUT2D eigenvalue weighted by atomic mass is 9.68. The van der Waals surface area contributed by atoms with E-state index in [0.29, 0.717) is 18.5 Å². The maximum atomic E-state index is 12.7. The van der Waals surface area contributed by atoms with Crippen LogP contribution < -0.4 is 5.32 Å². The minimum Gasteiger partial charge on any atom is -0.377 e. The highest BCUT2D eigenvalue weighted by molar-refractivity contribution is 5.87. The number of amides is 1. The van der Waals surface area contributed by atoms with Crippen LogP contribution in [-0.2, 0) is 19.7 Å². The van der Waals surface area contributed by atoms with Crippen molar-refractivity contribution in [3.63, 3.8) is 0 Å². The van der Waals surface area contributed by atoms with Gasteiger partial charge in [-0.25, -0.2) is 9.97 Å². The van der Waals surface area contributed by atoms with Gasteiger partial charge in [0.05, 0.1) is 24.4 Å². The van der Waals surface area contributed by atoms with Crippen molar-refractivity contribution in [2.75, 3.05) is 18.5 Å². The highest BCUT2D eigenvalue weighted by Gasteiger charge is 2.54. The first-order valence-corrected chi connectivity index (χ1v) is 9.09. The molecule has 2 bridgehead atoms. The maximum Gasteiger partial charge on any atom is 0.522 e. The molecule has 1 aliphatic carbocycles. The van der Waals surface area contributed by atoms with Crippen LogP contribution in [0.4, 0.5) is 19.0 Å². The van der Waals surface area contributed by atoms with Gasteiger partial charge in [0, 0.05) is 18.0 Å². The summed E-state index contributed by atoms with van der Waals surface area (Å²) >= 11 is 0. The number of hydrogen-bond donors (Lipinski definition) is 1. The average molecular weight is 398 g/mol. The summed E-state index contributed by atoms with van der Waals surface area (Å²) in [5.74, 6) is 0.0833. The van der Waals surface area contributed by atoms with Gasteiger partial charge < -0.3 is 15.0 Å². The number of alkyl halides is 3. The van der Waals surface area contributed by atoms with Gasteiger partial charge in [0.2, 0.25) is 5.91 Å². The third-order valence-corrected chi connectivity index (χ3v) is 5.82. The van der Waals surface area contributed by atoms with Gasteiger partial charge in [0.1, 0.15) is 24.3 Å². The molecule has 4 fully saturated rings. The standard InChI is InChI=1S/C18H21F3N4O3/c1-3-12(16(26)25-7-13(10(25)2)28-18(19,20)21)24-15-4-14(22-9-23-15)17-5-11(6-17)27-8-17/h3-4,9-13H,1,5-8H2,2H3,(H,22,23,24)/t10-,11?,12+,13-,17?/m0/s1. The number of fused-ring (bicyclic) bond motifs is 1. The molecule has 1 aromatic rings. The van der Waals surface area contributed by atoms with Crippen molar-refractivity contribution in [3.8, 4) is 0 Å². The molecule has 1 amide bonds. The minimum atomic E-state index is -4.72. The fourth-order valence-electron chi connectivity index (χ4n) is 4.07. The summed E-state index contributed by atoms with van der Waals surface area (Å²) < 4.78 is 46.7. The molecule has 7 nitrogen and oxygen atoms in total. The molecule has 5 rings (SSSR count). The Morgan fingerprint density at radius 2 is 2.25 bits per heavy atom. The number of anilines is 1. The van der Waals surface area contributed by atoms with Crippen LogP contribution in [0.3, 0.4) is 0 Å². The van der Waals surface area contributed by atoms with Crippen LogP contribution in [0, 0.1) is 0 Å². The number of hydrogen-bond acceptors (Lipinski definition) is 6. The quantitative estimate of drug-likeness (QED) is 0.739. The lowest BCUT2D eigenvalue weighted by Crippen LogP contribution is -2.65. The van der Waals surface area contributed by atoms with Crippen LogP contribution in [0.25, 0.3) is 0 Å². The van der Waals surface area contributed by atoms with Crippen LogP contribution >= 0.6 is 0 Å². The van der Waals surface area contributed by atoms with E-state index in [9.17, 15) is 18.0 Å². The fraction of sp³-hybridized carbons (Fsp3) is 0.611.